The number of nitrogens with one attached hydrogen (secondary N) is 4. The van der Waals surface area contributed by atoms with Gasteiger partial charge >= 0.3 is 0 Å². The molecule has 9 nitrogen and oxygen atoms in total. The summed E-state index contributed by atoms with van der Waals surface area (Å²) < 4.78 is 0. The largest absolute Gasteiger partial charge is 0.384 e. The lowest BCUT2D eigenvalue weighted by Gasteiger charge is -2.32. The van der Waals surface area contributed by atoms with E-state index in [1.54, 1.807) is 12.4 Å². The molecular weight excluding hydrogens is 392 g/mol. The number of hydrogen-bond donors (Lipinski definition) is 6. The second kappa shape index (κ2) is 9.86. The molecule has 0 aliphatic heterocycles. The molecule has 1 saturated carbocycles. The summed E-state index contributed by atoms with van der Waals surface area (Å²) in [6.45, 7) is 2.05. The van der Waals surface area contributed by atoms with Gasteiger partial charge in [0.1, 0.15) is 5.82 Å². The molecule has 4 rings (SSSR count). The zero-order chi connectivity index (χ0) is 21.6. The molecule has 9 heteroatoms. The summed E-state index contributed by atoms with van der Waals surface area (Å²) in [4.78, 5) is 8.91. The number of aliphatic hydroxyl groups is 1. The number of nitrogen functional groups attached to an aromatic ring is 1. The zero-order valence-corrected chi connectivity index (χ0v) is 17.6. The lowest BCUT2D eigenvalue weighted by Crippen LogP contribution is -2.49. The van der Waals surface area contributed by atoms with Gasteiger partial charge in [0.25, 0.3) is 0 Å². The molecule has 164 valence electrons. The van der Waals surface area contributed by atoms with Gasteiger partial charge in [-0.2, -0.15) is 5.10 Å². The Kier molecular flexibility index (Phi) is 6.76. The van der Waals surface area contributed by atoms with Crippen molar-refractivity contribution in [3.63, 3.8) is 0 Å². The van der Waals surface area contributed by atoms with Crippen molar-refractivity contribution in [1.29, 1.82) is 0 Å². The summed E-state index contributed by atoms with van der Waals surface area (Å²) in [5.74, 6) is 1.08. The molecule has 2 aromatic heterocycles. The Balaban J connectivity index is 1.24. The van der Waals surface area contributed by atoms with E-state index in [9.17, 15) is 5.11 Å². The summed E-state index contributed by atoms with van der Waals surface area (Å²) in [5, 5.41) is 27.0. The van der Waals surface area contributed by atoms with Crippen LogP contribution < -0.4 is 21.7 Å². The summed E-state index contributed by atoms with van der Waals surface area (Å²) in [6, 6.07) is 12.6. The van der Waals surface area contributed by atoms with E-state index in [0.717, 1.165) is 42.5 Å². The fourth-order valence-electron chi connectivity index (χ4n) is 4.01. The number of hydrogen-bond acceptors (Lipinski definition) is 8. The highest BCUT2D eigenvalue weighted by Gasteiger charge is 2.24. The molecule has 0 spiro atoms. The Bertz CT molecular complexity index is 955. The second-order valence-electron chi connectivity index (χ2n) is 8.02. The van der Waals surface area contributed by atoms with Crippen molar-refractivity contribution in [1.82, 2.24) is 30.8 Å². The van der Waals surface area contributed by atoms with Crippen LogP contribution in [0.2, 0.25) is 0 Å². The van der Waals surface area contributed by atoms with Gasteiger partial charge in [0, 0.05) is 24.3 Å². The predicted octanol–water partition coefficient (Wildman–Crippen LogP) is 2.39. The number of aromatic amines is 1. The number of nitrogens with zero attached hydrogens (tertiary/aromatic N) is 3. The van der Waals surface area contributed by atoms with Crippen LogP contribution in [0.4, 0.5) is 11.8 Å². The number of aromatic nitrogens is 4. The third kappa shape index (κ3) is 5.57. The first kappa shape index (κ1) is 21.2. The SMILES string of the molecule is C[C@@H](NC(O)NC1CCC(Nc2nccc(-c3cn[nH]c3N)n2)CC1)c1ccccc1. The summed E-state index contributed by atoms with van der Waals surface area (Å²) in [7, 11) is 0. The summed E-state index contributed by atoms with van der Waals surface area (Å²) in [5.41, 5.74) is 8.55. The highest BCUT2D eigenvalue weighted by atomic mass is 16.3. The lowest BCUT2D eigenvalue weighted by atomic mass is 9.91. The third-order valence-corrected chi connectivity index (χ3v) is 5.76. The Morgan fingerprint density at radius 3 is 2.55 bits per heavy atom. The smallest absolute Gasteiger partial charge is 0.223 e. The van der Waals surface area contributed by atoms with E-state index in [0.29, 0.717) is 17.8 Å². The van der Waals surface area contributed by atoms with Crippen LogP contribution >= 0.6 is 0 Å². The van der Waals surface area contributed by atoms with Crippen molar-refractivity contribution >= 4 is 11.8 Å². The minimum Gasteiger partial charge on any atom is -0.384 e. The third-order valence-electron chi connectivity index (χ3n) is 5.76. The Hall–Kier alpha value is -3.01. The van der Waals surface area contributed by atoms with Crippen LogP contribution in [0.15, 0.2) is 48.8 Å². The Morgan fingerprint density at radius 2 is 1.84 bits per heavy atom. The number of H-pyrrole nitrogens is 1. The first-order valence-corrected chi connectivity index (χ1v) is 10.7. The van der Waals surface area contributed by atoms with Crippen LogP contribution in [0.5, 0.6) is 0 Å². The minimum absolute atomic E-state index is 0.0652. The van der Waals surface area contributed by atoms with Gasteiger partial charge in [0.15, 0.2) is 6.35 Å². The molecule has 7 N–H and O–H groups in total. The molecule has 0 radical (unpaired) electrons. The normalized spacial score (nSPS) is 20.8. The summed E-state index contributed by atoms with van der Waals surface area (Å²) >= 11 is 0. The maximum absolute atomic E-state index is 10.4. The average molecular weight is 423 g/mol. The highest BCUT2D eigenvalue weighted by molar-refractivity contribution is 5.70. The molecule has 0 bridgehead atoms. The molecule has 31 heavy (non-hydrogen) atoms. The monoisotopic (exact) mass is 422 g/mol. The van der Waals surface area contributed by atoms with Crippen LogP contribution in [0.25, 0.3) is 11.3 Å². The van der Waals surface area contributed by atoms with E-state index >= 15 is 0 Å². The van der Waals surface area contributed by atoms with Crippen molar-refractivity contribution in [3.8, 4) is 11.3 Å². The van der Waals surface area contributed by atoms with Crippen LogP contribution in [0.1, 0.15) is 44.2 Å². The van der Waals surface area contributed by atoms with E-state index in [-0.39, 0.29) is 12.1 Å². The van der Waals surface area contributed by atoms with Crippen molar-refractivity contribution < 1.29 is 5.11 Å². The van der Waals surface area contributed by atoms with Crippen LogP contribution in [0, 0.1) is 0 Å². The first-order valence-electron chi connectivity index (χ1n) is 10.7. The van der Waals surface area contributed by atoms with Gasteiger partial charge in [-0.1, -0.05) is 30.3 Å². The van der Waals surface area contributed by atoms with Gasteiger partial charge < -0.3 is 16.2 Å². The Morgan fingerprint density at radius 1 is 1.10 bits per heavy atom. The van der Waals surface area contributed by atoms with Crippen LogP contribution in [-0.2, 0) is 0 Å². The topological polar surface area (TPSA) is 137 Å². The second-order valence-corrected chi connectivity index (χ2v) is 8.02. The van der Waals surface area contributed by atoms with E-state index in [2.05, 4.69) is 48.2 Å². The molecule has 2 heterocycles. The van der Waals surface area contributed by atoms with Gasteiger partial charge in [-0.3, -0.25) is 15.7 Å². The molecule has 3 aromatic rings. The average Bonchev–Trinajstić information content (AvgIpc) is 3.22. The standard InChI is InChI=1S/C22H30N8O/c1-14(15-5-3-2-4-6-15)26-22(31)28-17-9-7-16(8-10-17)27-21-24-12-11-19(29-21)18-13-25-30-20(18)23/h2-6,11-14,16-17,22,26,28,31H,7-10H2,1H3,(H3,23,25,30)(H,24,27,29)/t14-,16?,17?,22?/m1/s1. The van der Waals surface area contributed by atoms with Crippen LogP contribution in [-0.4, -0.2) is 43.7 Å². The maximum atomic E-state index is 10.4. The van der Waals surface area contributed by atoms with Gasteiger partial charge in [-0.25, -0.2) is 9.97 Å². The van der Waals surface area contributed by atoms with Gasteiger partial charge in [0.05, 0.1) is 17.5 Å². The van der Waals surface area contributed by atoms with E-state index < -0.39 is 6.35 Å². The number of aliphatic hydroxyl groups excluding tert-OH is 1. The Labute approximate surface area is 181 Å². The molecular formula is C22H30N8O. The molecule has 0 saturated heterocycles. The molecule has 0 amide bonds. The van der Waals surface area contributed by atoms with E-state index in [1.165, 1.54) is 0 Å². The highest BCUT2D eigenvalue weighted by Crippen LogP contribution is 2.24. The van der Waals surface area contributed by atoms with Crippen molar-refractivity contribution in [2.24, 2.45) is 0 Å². The summed E-state index contributed by atoms with van der Waals surface area (Å²) in [6.07, 6.45) is 6.51. The van der Waals surface area contributed by atoms with Gasteiger partial charge in [0.2, 0.25) is 5.95 Å². The minimum atomic E-state index is -0.745. The molecule has 1 aliphatic rings. The van der Waals surface area contributed by atoms with Crippen molar-refractivity contribution in [2.75, 3.05) is 11.1 Å². The number of rotatable bonds is 8. The fourth-order valence-corrected chi connectivity index (χ4v) is 4.01. The first-order chi connectivity index (χ1) is 15.1. The van der Waals surface area contributed by atoms with Crippen molar-refractivity contribution in [2.45, 2.75) is 57.1 Å². The molecule has 1 aromatic carbocycles. The molecule has 1 unspecified atom stereocenters. The van der Waals surface area contributed by atoms with E-state index in [1.807, 2.05) is 31.2 Å². The molecule has 1 fully saturated rings. The van der Waals surface area contributed by atoms with Crippen molar-refractivity contribution in [3.05, 3.63) is 54.4 Å². The number of nitrogens with two attached hydrogens (primary N) is 1. The van der Waals surface area contributed by atoms with Gasteiger partial charge in [-0.05, 0) is 44.2 Å². The fraction of sp³-hybridized carbons (Fsp3) is 0.409. The predicted molar refractivity (Wildman–Crippen MR) is 121 cm³/mol. The number of benzene rings is 1. The zero-order valence-electron chi connectivity index (χ0n) is 17.6. The van der Waals surface area contributed by atoms with Crippen LogP contribution in [0.3, 0.4) is 0 Å². The molecule has 2 atom stereocenters. The molecule has 1 aliphatic carbocycles. The number of anilines is 2. The van der Waals surface area contributed by atoms with Gasteiger partial charge in [-0.15, -0.1) is 0 Å². The maximum Gasteiger partial charge on any atom is 0.223 e. The lowest BCUT2D eigenvalue weighted by molar-refractivity contribution is 0.0704. The quantitative estimate of drug-likeness (QED) is 0.305. The van der Waals surface area contributed by atoms with E-state index in [4.69, 9.17) is 5.73 Å².